The summed E-state index contributed by atoms with van der Waals surface area (Å²) in [6.07, 6.45) is 0.864. The molecule has 5 N–H and O–H groups in total. The second-order valence-electron chi connectivity index (χ2n) is 7.73. The highest BCUT2D eigenvalue weighted by Crippen LogP contribution is 2.32. The van der Waals surface area contributed by atoms with E-state index < -0.39 is 23.3 Å². The highest BCUT2D eigenvalue weighted by atomic mass is 35.5. The average Bonchev–Trinajstić information content (AvgIpc) is 2.74. The number of hydrogen-bond acceptors (Lipinski definition) is 6. The molecule has 1 unspecified atom stereocenters. The maximum absolute atomic E-state index is 12.9. The van der Waals surface area contributed by atoms with Crippen molar-refractivity contribution < 1.29 is 14.4 Å². The summed E-state index contributed by atoms with van der Waals surface area (Å²) in [4.78, 5) is 58.4. The molecule has 3 heterocycles. The van der Waals surface area contributed by atoms with E-state index in [9.17, 15) is 19.2 Å². The van der Waals surface area contributed by atoms with Crippen LogP contribution in [0.4, 0.5) is 17.5 Å². The molecule has 4 rings (SSSR count). The molecule has 168 valence electrons. The SMILES string of the molecule is NC(=O)C1CCN(c2nc3c(c(=O)[nH]2)C(C(=O)Nc2ccc(Cl)cc2Cl)CC(=O)N3)CC1. The Kier molecular flexibility index (Phi) is 6.07. The van der Waals surface area contributed by atoms with Gasteiger partial charge in [-0.25, -0.2) is 0 Å². The molecule has 0 radical (unpaired) electrons. The maximum Gasteiger partial charge on any atom is 0.258 e. The van der Waals surface area contributed by atoms with Gasteiger partial charge in [-0.15, -0.1) is 0 Å². The molecular weight excluding hydrogens is 459 g/mol. The van der Waals surface area contributed by atoms with Crippen molar-refractivity contribution in [3.63, 3.8) is 0 Å². The van der Waals surface area contributed by atoms with Crippen molar-refractivity contribution in [1.29, 1.82) is 0 Å². The molecule has 1 saturated heterocycles. The quantitative estimate of drug-likeness (QED) is 0.526. The van der Waals surface area contributed by atoms with Gasteiger partial charge in [-0.1, -0.05) is 23.2 Å². The number of nitrogens with zero attached hydrogens (tertiary/aromatic N) is 2. The van der Waals surface area contributed by atoms with E-state index in [1.54, 1.807) is 6.07 Å². The minimum absolute atomic E-state index is 0.0411. The van der Waals surface area contributed by atoms with E-state index in [-0.39, 0.29) is 40.6 Å². The number of aromatic amines is 1. The molecule has 0 saturated carbocycles. The Balaban J connectivity index is 1.60. The van der Waals surface area contributed by atoms with E-state index in [0.717, 1.165) is 0 Å². The number of fused-ring (bicyclic) bond motifs is 1. The van der Waals surface area contributed by atoms with Crippen LogP contribution in [0.25, 0.3) is 0 Å². The van der Waals surface area contributed by atoms with Gasteiger partial charge in [0.2, 0.25) is 23.7 Å². The normalized spacial score (nSPS) is 18.6. The van der Waals surface area contributed by atoms with Crippen molar-refractivity contribution in [2.45, 2.75) is 25.2 Å². The number of rotatable bonds is 4. The van der Waals surface area contributed by atoms with Crippen LogP contribution in [0.5, 0.6) is 0 Å². The Morgan fingerprint density at radius 1 is 1.19 bits per heavy atom. The second-order valence-corrected chi connectivity index (χ2v) is 8.58. The van der Waals surface area contributed by atoms with E-state index >= 15 is 0 Å². The number of primary amides is 1. The van der Waals surface area contributed by atoms with Crippen LogP contribution in [0.1, 0.15) is 30.7 Å². The fourth-order valence-electron chi connectivity index (χ4n) is 3.92. The molecule has 1 aromatic heterocycles. The van der Waals surface area contributed by atoms with Gasteiger partial charge in [0.05, 0.1) is 22.2 Å². The van der Waals surface area contributed by atoms with Gasteiger partial charge in [0.15, 0.2) is 0 Å². The summed E-state index contributed by atoms with van der Waals surface area (Å²) in [5, 5.41) is 5.86. The maximum atomic E-state index is 12.9. The number of halogens is 2. The molecule has 12 heteroatoms. The van der Waals surface area contributed by atoms with Crippen LogP contribution in [0, 0.1) is 5.92 Å². The van der Waals surface area contributed by atoms with E-state index in [4.69, 9.17) is 28.9 Å². The molecule has 1 fully saturated rings. The third-order valence-corrected chi connectivity index (χ3v) is 6.19. The second kappa shape index (κ2) is 8.79. The fourth-order valence-corrected chi connectivity index (χ4v) is 4.38. The van der Waals surface area contributed by atoms with Crippen LogP contribution in [0.15, 0.2) is 23.0 Å². The summed E-state index contributed by atoms with van der Waals surface area (Å²) in [6, 6.07) is 4.57. The molecular formula is C20H20Cl2N6O4. The number of carbonyl (C=O) groups is 3. The lowest BCUT2D eigenvalue weighted by Gasteiger charge is -2.32. The summed E-state index contributed by atoms with van der Waals surface area (Å²) < 4.78 is 0. The molecule has 0 bridgehead atoms. The van der Waals surface area contributed by atoms with Crippen molar-refractivity contribution in [3.8, 4) is 0 Å². The van der Waals surface area contributed by atoms with E-state index in [2.05, 4.69) is 20.6 Å². The lowest BCUT2D eigenvalue weighted by Crippen LogP contribution is -2.41. The largest absolute Gasteiger partial charge is 0.369 e. The number of piperidine rings is 1. The van der Waals surface area contributed by atoms with Gasteiger partial charge in [0.1, 0.15) is 5.82 Å². The molecule has 0 spiro atoms. The number of aromatic nitrogens is 2. The predicted octanol–water partition coefficient (Wildman–Crippen LogP) is 1.84. The van der Waals surface area contributed by atoms with Gasteiger partial charge >= 0.3 is 0 Å². The van der Waals surface area contributed by atoms with Crippen molar-refractivity contribution in [3.05, 3.63) is 44.2 Å². The summed E-state index contributed by atoms with van der Waals surface area (Å²) in [7, 11) is 0. The van der Waals surface area contributed by atoms with E-state index in [0.29, 0.717) is 36.6 Å². The zero-order valence-corrected chi connectivity index (χ0v) is 18.3. The van der Waals surface area contributed by atoms with Gasteiger partial charge in [-0.2, -0.15) is 4.98 Å². The van der Waals surface area contributed by atoms with Crippen LogP contribution in [0.3, 0.4) is 0 Å². The zero-order valence-electron chi connectivity index (χ0n) is 16.8. The molecule has 32 heavy (non-hydrogen) atoms. The first-order chi connectivity index (χ1) is 15.2. The van der Waals surface area contributed by atoms with Crippen molar-refractivity contribution in [1.82, 2.24) is 9.97 Å². The summed E-state index contributed by atoms with van der Waals surface area (Å²) in [5.41, 5.74) is 5.23. The van der Waals surface area contributed by atoms with E-state index in [1.165, 1.54) is 12.1 Å². The number of amides is 3. The lowest BCUT2D eigenvalue weighted by atomic mass is 9.92. The topological polar surface area (TPSA) is 150 Å². The monoisotopic (exact) mass is 478 g/mol. The molecule has 3 amide bonds. The first kappa shape index (κ1) is 22.1. The molecule has 2 aliphatic heterocycles. The Labute approximate surface area is 192 Å². The van der Waals surface area contributed by atoms with Gasteiger partial charge in [0, 0.05) is 30.5 Å². The molecule has 2 aromatic rings. The molecule has 1 aromatic carbocycles. The van der Waals surface area contributed by atoms with Gasteiger partial charge in [-0.3, -0.25) is 24.2 Å². The molecule has 1 atom stereocenters. The number of nitrogens with two attached hydrogens (primary N) is 1. The number of carbonyl (C=O) groups excluding carboxylic acids is 3. The lowest BCUT2D eigenvalue weighted by molar-refractivity contribution is -0.123. The number of benzene rings is 1. The van der Waals surface area contributed by atoms with Crippen molar-refractivity contribution >= 4 is 58.4 Å². The number of H-pyrrole nitrogens is 1. The Morgan fingerprint density at radius 2 is 1.91 bits per heavy atom. The fraction of sp³-hybridized carbons (Fsp3) is 0.350. The third kappa shape index (κ3) is 4.42. The van der Waals surface area contributed by atoms with Crippen molar-refractivity contribution in [2.75, 3.05) is 28.6 Å². The molecule has 10 nitrogen and oxygen atoms in total. The third-order valence-electron chi connectivity index (χ3n) is 5.64. The van der Waals surface area contributed by atoms with E-state index in [1.807, 2.05) is 4.90 Å². The van der Waals surface area contributed by atoms with Crippen LogP contribution in [-0.4, -0.2) is 40.8 Å². The smallest absolute Gasteiger partial charge is 0.258 e. The highest BCUT2D eigenvalue weighted by molar-refractivity contribution is 6.36. The standard InChI is InChI=1S/C20H20Cl2N6O4/c21-10-1-2-13(12(22)7-10)24-18(31)11-8-14(29)25-17-15(11)19(32)27-20(26-17)28-5-3-9(4-6-28)16(23)30/h1-2,7,9,11H,3-6,8H2,(H2,23,30)(H,24,31)(H2,25,26,27,29,32). The number of anilines is 3. The Bertz CT molecular complexity index is 1160. The van der Waals surface area contributed by atoms with Crippen LogP contribution >= 0.6 is 23.2 Å². The molecule has 2 aliphatic rings. The number of hydrogen-bond donors (Lipinski definition) is 4. The predicted molar refractivity (Wildman–Crippen MR) is 120 cm³/mol. The van der Waals surface area contributed by atoms with Crippen LogP contribution in [-0.2, 0) is 14.4 Å². The number of nitrogens with one attached hydrogen (secondary N) is 3. The Hall–Kier alpha value is -3.11. The van der Waals surface area contributed by atoms with Gasteiger partial charge < -0.3 is 21.3 Å². The van der Waals surface area contributed by atoms with Crippen LogP contribution in [0.2, 0.25) is 10.0 Å². The van der Waals surface area contributed by atoms with Gasteiger partial charge in [-0.05, 0) is 31.0 Å². The average molecular weight is 479 g/mol. The minimum atomic E-state index is -1.05. The summed E-state index contributed by atoms with van der Waals surface area (Å²) in [5.74, 6) is -2.31. The summed E-state index contributed by atoms with van der Waals surface area (Å²) in [6.45, 7) is 0.949. The zero-order chi connectivity index (χ0) is 23.0. The Morgan fingerprint density at radius 3 is 2.56 bits per heavy atom. The van der Waals surface area contributed by atoms with Crippen LogP contribution < -0.4 is 26.8 Å². The first-order valence-corrected chi connectivity index (χ1v) is 10.7. The first-order valence-electron chi connectivity index (χ1n) is 9.97. The van der Waals surface area contributed by atoms with Gasteiger partial charge in [0.25, 0.3) is 5.56 Å². The molecule has 0 aliphatic carbocycles. The minimum Gasteiger partial charge on any atom is -0.369 e. The highest BCUT2D eigenvalue weighted by Gasteiger charge is 2.35. The summed E-state index contributed by atoms with van der Waals surface area (Å²) >= 11 is 12.0. The van der Waals surface area contributed by atoms with Crippen molar-refractivity contribution in [2.24, 2.45) is 11.7 Å².